The van der Waals surface area contributed by atoms with E-state index < -0.39 is 0 Å². The van der Waals surface area contributed by atoms with Gasteiger partial charge in [-0.3, -0.25) is 0 Å². The molecule has 2 rings (SSSR count). The molecule has 0 aromatic rings. The minimum atomic E-state index is 0.778. The lowest BCUT2D eigenvalue weighted by atomic mass is 10.1. The summed E-state index contributed by atoms with van der Waals surface area (Å²) in [6.07, 6.45) is 4.39. The summed E-state index contributed by atoms with van der Waals surface area (Å²) in [5.41, 5.74) is 0.778. The summed E-state index contributed by atoms with van der Waals surface area (Å²) < 4.78 is 0.792. The Kier molecular flexibility index (Phi) is 1.09. The van der Waals surface area contributed by atoms with E-state index in [0.29, 0.717) is 0 Å². The van der Waals surface area contributed by atoms with E-state index in [9.17, 15) is 0 Å². The number of hydrogen-bond acceptors (Lipinski definition) is 1. The van der Waals surface area contributed by atoms with Crippen molar-refractivity contribution < 1.29 is 0 Å². The Bertz CT molecular complexity index is 109. The average molecular weight is 223 g/mol. The first-order valence-corrected chi connectivity index (χ1v) is 4.46. The highest BCUT2D eigenvalue weighted by atomic mass is 127. The van der Waals surface area contributed by atoms with E-state index in [-0.39, 0.29) is 0 Å². The van der Waals surface area contributed by atoms with Crippen LogP contribution in [0.4, 0.5) is 0 Å². The lowest BCUT2D eigenvalue weighted by Crippen LogP contribution is -2.19. The van der Waals surface area contributed by atoms with Crippen LogP contribution in [0.15, 0.2) is 0 Å². The maximum absolute atomic E-state index is 3.46. The molecule has 1 unspecified atom stereocenters. The third-order valence-electron chi connectivity index (χ3n) is 2.38. The first kappa shape index (κ1) is 5.47. The van der Waals surface area contributed by atoms with Gasteiger partial charge in [-0.15, -0.1) is 0 Å². The molecular weight excluding hydrogens is 213 g/mol. The van der Waals surface area contributed by atoms with Crippen molar-refractivity contribution in [2.45, 2.75) is 23.3 Å². The summed E-state index contributed by atoms with van der Waals surface area (Å²) in [7, 11) is 0. The van der Waals surface area contributed by atoms with Gasteiger partial charge in [0.25, 0.3) is 0 Å². The fourth-order valence-corrected chi connectivity index (χ4v) is 2.70. The topological polar surface area (TPSA) is 12.0 Å². The van der Waals surface area contributed by atoms with Crippen molar-refractivity contribution in [3.63, 3.8) is 0 Å². The predicted molar refractivity (Wildman–Crippen MR) is 42.1 cm³/mol. The zero-order chi connectivity index (χ0) is 5.61. The first-order valence-electron chi connectivity index (χ1n) is 3.21. The van der Waals surface area contributed by atoms with Crippen LogP contribution in [-0.4, -0.2) is 10.6 Å². The standard InChI is InChI=1S/C6H10IN/c7-5-6(1-2-6)3-4-8-5/h5,8H,1-4H2. The Morgan fingerprint density at radius 2 is 2.12 bits per heavy atom. The molecule has 0 radical (unpaired) electrons. The monoisotopic (exact) mass is 223 g/mol. The van der Waals surface area contributed by atoms with Crippen molar-refractivity contribution in [2.75, 3.05) is 6.54 Å². The quantitative estimate of drug-likeness (QED) is 0.373. The molecule has 1 saturated heterocycles. The third kappa shape index (κ3) is 0.620. The Balaban J connectivity index is 2.12. The maximum Gasteiger partial charge on any atom is 0.0651 e. The maximum atomic E-state index is 3.46. The van der Waals surface area contributed by atoms with Crippen molar-refractivity contribution in [2.24, 2.45) is 5.41 Å². The molecule has 8 heavy (non-hydrogen) atoms. The molecule has 1 heterocycles. The van der Waals surface area contributed by atoms with Gasteiger partial charge >= 0.3 is 0 Å². The smallest absolute Gasteiger partial charge is 0.0651 e. The van der Waals surface area contributed by atoms with Crippen molar-refractivity contribution in [1.82, 2.24) is 5.32 Å². The average Bonchev–Trinajstić information content (AvgIpc) is 2.39. The van der Waals surface area contributed by atoms with Crippen LogP contribution in [0.1, 0.15) is 19.3 Å². The molecule has 0 amide bonds. The number of alkyl halides is 1. The Morgan fingerprint density at radius 1 is 1.38 bits per heavy atom. The zero-order valence-electron chi connectivity index (χ0n) is 4.78. The van der Waals surface area contributed by atoms with E-state index in [4.69, 9.17) is 0 Å². The van der Waals surface area contributed by atoms with Crippen LogP contribution in [0.2, 0.25) is 0 Å². The molecule has 2 heteroatoms. The molecule has 0 aromatic heterocycles. The van der Waals surface area contributed by atoms with Gasteiger partial charge in [-0.2, -0.15) is 0 Å². The summed E-state index contributed by atoms with van der Waals surface area (Å²) in [6, 6.07) is 0. The molecule has 1 spiro atoms. The third-order valence-corrected chi connectivity index (χ3v) is 4.14. The molecule has 46 valence electrons. The molecule has 1 saturated carbocycles. The number of rotatable bonds is 0. The first-order chi connectivity index (χ1) is 3.83. The number of hydrogen-bond donors (Lipinski definition) is 1. The molecule has 1 aliphatic heterocycles. The Labute approximate surface area is 63.4 Å². The largest absolute Gasteiger partial charge is 0.305 e. The minimum Gasteiger partial charge on any atom is -0.305 e. The highest BCUT2D eigenvalue weighted by molar-refractivity contribution is 14.1. The fraction of sp³-hybridized carbons (Fsp3) is 1.00. The second-order valence-electron chi connectivity index (χ2n) is 2.93. The highest BCUT2D eigenvalue weighted by Gasteiger charge is 2.50. The van der Waals surface area contributed by atoms with Gasteiger partial charge in [0, 0.05) is 0 Å². The summed E-state index contributed by atoms with van der Waals surface area (Å²) in [6.45, 7) is 1.26. The minimum absolute atomic E-state index is 0.778. The van der Waals surface area contributed by atoms with Crippen LogP contribution in [0.25, 0.3) is 0 Å². The second-order valence-corrected chi connectivity index (χ2v) is 4.17. The fourth-order valence-electron chi connectivity index (χ4n) is 1.46. The molecule has 0 aromatic carbocycles. The van der Waals surface area contributed by atoms with Gasteiger partial charge in [0.15, 0.2) is 0 Å². The van der Waals surface area contributed by atoms with Crippen molar-refractivity contribution in [1.29, 1.82) is 0 Å². The van der Waals surface area contributed by atoms with E-state index >= 15 is 0 Å². The van der Waals surface area contributed by atoms with Gasteiger partial charge in [-0.25, -0.2) is 0 Å². The zero-order valence-corrected chi connectivity index (χ0v) is 6.94. The molecule has 1 nitrogen and oxygen atoms in total. The number of halogens is 1. The van der Waals surface area contributed by atoms with E-state index in [1.807, 2.05) is 0 Å². The van der Waals surface area contributed by atoms with Gasteiger partial charge in [0.05, 0.1) is 4.05 Å². The van der Waals surface area contributed by atoms with Gasteiger partial charge in [-0.05, 0) is 31.2 Å². The molecule has 1 aliphatic carbocycles. The van der Waals surface area contributed by atoms with Gasteiger partial charge < -0.3 is 5.32 Å². The highest BCUT2D eigenvalue weighted by Crippen LogP contribution is 2.55. The van der Waals surface area contributed by atoms with Crippen molar-refractivity contribution >= 4 is 22.6 Å². The van der Waals surface area contributed by atoms with Crippen LogP contribution >= 0.6 is 22.6 Å². The Hall–Kier alpha value is 0.690. The molecule has 1 atom stereocenters. The van der Waals surface area contributed by atoms with Crippen LogP contribution in [0.5, 0.6) is 0 Å². The van der Waals surface area contributed by atoms with Crippen LogP contribution in [0.3, 0.4) is 0 Å². The van der Waals surface area contributed by atoms with Crippen LogP contribution < -0.4 is 5.32 Å². The molecule has 2 aliphatic rings. The summed E-state index contributed by atoms with van der Waals surface area (Å²) in [5, 5.41) is 3.46. The van der Waals surface area contributed by atoms with Crippen molar-refractivity contribution in [3.8, 4) is 0 Å². The van der Waals surface area contributed by atoms with E-state index in [2.05, 4.69) is 27.9 Å². The van der Waals surface area contributed by atoms with Gasteiger partial charge in [0.2, 0.25) is 0 Å². The van der Waals surface area contributed by atoms with E-state index in [1.54, 1.807) is 0 Å². The van der Waals surface area contributed by atoms with Crippen LogP contribution in [-0.2, 0) is 0 Å². The van der Waals surface area contributed by atoms with E-state index in [1.165, 1.54) is 25.8 Å². The van der Waals surface area contributed by atoms with Crippen molar-refractivity contribution in [3.05, 3.63) is 0 Å². The second kappa shape index (κ2) is 1.59. The van der Waals surface area contributed by atoms with E-state index in [0.717, 1.165) is 9.46 Å². The summed E-state index contributed by atoms with van der Waals surface area (Å²) >= 11 is 2.53. The molecule has 2 fully saturated rings. The summed E-state index contributed by atoms with van der Waals surface area (Å²) in [5.74, 6) is 0. The summed E-state index contributed by atoms with van der Waals surface area (Å²) in [4.78, 5) is 0. The predicted octanol–water partition coefficient (Wildman–Crippen LogP) is 1.52. The lowest BCUT2D eigenvalue weighted by molar-refractivity contribution is 0.556. The van der Waals surface area contributed by atoms with Gasteiger partial charge in [-0.1, -0.05) is 22.6 Å². The Morgan fingerprint density at radius 3 is 2.38 bits per heavy atom. The lowest BCUT2D eigenvalue weighted by Gasteiger charge is -2.08. The normalized spacial score (nSPS) is 40.9. The molecule has 1 N–H and O–H groups in total. The SMILES string of the molecule is IC1NCCC12CC2. The molecular formula is C6H10IN. The van der Waals surface area contributed by atoms with Crippen LogP contribution in [0, 0.1) is 5.41 Å². The molecule has 0 bridgehead atoms. The number of nitrogens with one attached hydrogen (secondary N) is 1. The van der Waals surface area contributed by atoms with Gasteiger partial charge in [0.1, 0.15) is 0 Å².